The first kappa shape index (κ1) is 26.5. The largest absolute Gasteiger partial charge is 0.480 e. The van der Waals surface area contributed by atoms with Gasteiger partial charge in [-0.25, -0.2) is 4.98 Å². The lowest BCUT2D eigenvalue weighted by Gasteiger charge is -2.33. The molecule has 1 unspecified atom stereocenters. The van der Waals surface area contributed by atoms with Crippen LogP contribution < -0.4 is 26.7 Å². The molecule has 1 aromatic carbocycles. The molecule has 3 aromatic heterocycles. The van der Waals surface area contributed by atoms with E-state index >= 15 is 0 Å². The van der Waals surface area contributed by atoms with E-state index in [1.54, 1.807) is 28.5 Å². The molecule has 40 heavy (non-hydrogen) atoms. The minimum atomic E-state index is -0.187. The van der Waals surface area contributed by atoms with Crippen molar-refractivity contribution in [3.63, 3.8) is 0 Å². The van der Waals surface area contributed by atoms with Crippen molar-refractivity contribution in [3.8, 4) is 5.75 Å². The van der Waals surface area contributed by atoms with E-state index in [2.05, 4.69) is 32.7 Å². The zero-order valence-corrected chi connectivity index (χ0v) is 22.9. The number of pyridine rings is 3. The van der Waals surface area contributed by atoms with Gasteiger partial charge in [-0.3, -0.25) is 14.6 Å². The topological polar surface area (TPSA) is 124 Å². The minimum absolute atomic E-state index is 0.0258. The number of fused-ring (bicyclic) bond motifs is 2. The minimum Gasteiger partial charge on any atom is -0.480 e. The Morgan fingerprint density at radius 1 is 1.05 bits per heavy atom. The molecule has 1 aliphatic heterocycles. The van der Waals surface area contributed by atoms with Crippen LogP contribution >= 0.6 is 11.8 Å². The molecule has 4 N–H and O–H groups in total. The number of hydrogen-bond acceptors (Lipinski definition) is 8. The molecule has 0 bridgehead atoms. The van der Waals surface area contributed by atoms with E-state index in [4.69, 9.17) is 10.5 Å². The number of nitrogens with two attached hydrogens (primary N) is 1. The van der Waals surface area contributed by atoms with Crippen molar-refractivity contribution in [1.82, 2.24) is 19.9 Å². The van der Waals surface area contributed by atoms with Gasteiger partial charge in [0.2, 0.25) is 0 Å². The highest BCUT2D eigenvalue weighted by Crippen LogP contribution is 2.30. The third-order valence-corrected chi connectivity index (χ3v) is 8.63. The highest BCUT2D eigenvalue weighted by Gasteiger charge is 2.26. The normalized spacial score (nSPS) is 19.5. The van der Waals surface area contributed by atoms with Crippen LogP contribution in [0.1, 0.15) is 31.4 Å². The molecule has 0 spiro atoms. The molecular weight excluding hydrogens is 524 g/mol. The maximum atomic E-state index is 12.9. The van der Waals surface area contributed by atoms with E-state index in [1.807, 2.05) is 42.6 Å². The first-order chi connectivity index (χ1) is 19.5. The monoisotopic (exact) mass is 556 g/mol. The van der Waals surface area contributed by atoms with Crippen LogP contribution in [0.3, 0.4) is 0 Å². The summed E-state index contributed by atoms with van der Waals surface area (Å²) in [5.74, 6) is 1.23. The third-order valence-electron chi connectivity index (χ3n) is 7.67. The Bertz CT molecular complexity index is 1570. The highest BCUT2D eigenvalue weighted by atomic mass is 32.2. The lowest BCUT2D eigenvalue weighted by atomic mass is 9.81. The van der Waals surface area contributed by atoms with Gasteiger partial charge in [-0.2, -0.15) is 0 Å². The number of aromatic nitrogens is 3. The molecule has 4 aromatic rings. The lowest BCUT2D eigenvalue weighted by Crippen LogP contribution is -2.42. The summed E-state index contributed by atoms with van der Waals surface area (Å²) in [6.45, 7) is 1.11. The molecule has 1 aliphatic carbocycles. The Hall–Kier alpha value is -3.73. The Morgan fingerprint density at radius 2 is 1.88 bits per heavy atom. The van der Waals surface area contributed by atoms with Crippen molar-refractivity contribution in [2.45, 2.75) is 60.6 Å². The van der Waals surface area contributed by atoms with Crippen LogP contribution in [-0.4, -0.2) is 39.1 Å². The number of rotatable bonds is 8. The predicted molar refractivity (Wildman–Crippen MR) is 155 cm³/mol. The van der Waals surface area contributed by atoms with Gasteiger partial charge in [0.25, 0.3) is 11.5 Å². The summed E-state index contributed by atoms with van der Waals surface area (Å²) in [7, 11) is 0. The number of ether oxygens (including phenoxy) is 1. The van der Waals surface area contributed by atoms with Crippen molar-refractivity contribution in [2.24, 2.45) is 11.7 Å². The van der Waals surface area contributed by atoms with Gasteiger partial charge in [-0.05, 0) is 68.0 Å². The van der Waals surface area contributed by atoms with Crippen molar-refractivity contribution in [3.05, 3.63) is 82.9 Å². The maximum Gasteiger partial charge on any atom is 0.263 e. The van der Waals surface area contributed by atoms with Gasteiger partial charge >= 0.3 is 0 Å². The number of anilines is 1. The quantitative estimate of drug-likeness (QED) is 0.298. The van der Waals surface area contributed by atoms with E-state index in [0.717, 1.165) is 52.2 Å². The summed E-state index contributed by atoms with van der Waals surface area (Å²) in [4.78, 5) is 35.8. The van der Waals surface area contributed by atoms with Crippen LogP contribution in [0.15, 0.2) is 81.4 Å². The average molecular weight is 557 g/mol. The molecule has 6 rings (SSSR count). The Labute approximate surface area is 236 Å². The van der Waals surface area contributed by atoms with E-state index in [1.165, 1.54) is 0 Å². The molecule has 1 atom stereocenters. The predicted octanol–water partition coefficient (Wildman–Crippen LogP) is 3.95. The smallest absolute Gasteiger partial charge is 0.263 e. The molecule has 0 saturated heterocycles. The van der Waals surface area contributed by atoms with E-state index in [0.29, 0.717) is 36.6 Å². The molecule has 9 nitrogen and oxygen atoms in total. The molecular formula is C30H32N6O3S. The number of carbonyl (C=O) groups is 1. The number of nitrogens with one attached hydrogen (secondary N) is 2. The molecule has 206 valence electrons. The van der Waals surface area contributed by atoms with Crippen molar-refractivity contribution in [1.29, 1.82) is 0 Å². The van der Waals surface area contributed by atoms with E-state index in [-0.39, 0.29) is 24.1 Å². The number of hydrogen-bond donors (Lipinski definition) is 3. The fourth-order valence-corrected chi connectivity index (χ4v) is 6.32. The second-order valence-electron chi connectivity index (χ2n) is 10.4. The summed E-state index contributed by atoms with van der Waals surface area (Å²) < 4.78 is 7.18. The summed E-state index contributed by atoms with van der Waals surface area (Å²) in [6, 6.07) is 19.6. The number of benzene rings is 1. The van der Waals surface area contributed by atoms with Gasteiger partial charge < -0.3 is 25.7 Å². The van der Waals surface area contributed by atoms with E-state index < -0.39 is 0 Å². The third kappa shape index (κ3) is 6.04. The van der Waals surface area contributed by atoms with Crippen molar-refractivity contribution >= 4 is 34.5 Å². The van der Waals surface area contributed by atoms with Gasteiger partial charge in [-0.15, -0.1) is 0 Å². The number of nitrogens with zero attached hydrogens (tertiary/aromatic N) is 3. The van der Waals surface area contributed by atoms with Crippen molar-refractivity contribution < 1.29 is 9.53 Å². The number of amides is 1. The van der Waals surface area contributed by atoms with Gasteiger partial charge in [0.1, 0.15) is 0 Å². The van der Waals surface area contributed by atoms with Gasteiger partial charge in [0.15, 0.2) is 18.2 Å². The lowest BCUT2D eigenvalue weighted by molar-refractivity contribution is -0.118. The fourth-order valence-electron chi connectivity index (χ4n) is 5.48. The highest BCUT2D eigenvalue weighted by molar-refractivity contribution is 7.99. The van der Waals surface area contributed by atoms with Crippen LogP contribution in [0.5, 0.6) is 5.75 Å². The Morgan fingerprint density at radius 3 is 2.70 bits per heavy atom. The summed E-state index contributed by atoms with van der Waals surface area (Å²) >= 11 is 1.63. The Kier molecular flexibility index (Phi) is 7.81. The zero-order chi connectivity index (χ0) is 27.5. The van der Waals surface area contributed by atoms with E-state index in [9.17, 15) is 9.59 Å². The molecule has 2 aliphatic rings. The maximum absolute atomic E-state index is 12.9. The first-order valence-electron chi connectivity index (χ1n) is 13.7. The summed E-state index contributed by atoms with van der Waals surface area (Å²) in [5.41, 5.74) is 9.14. The van der Waals surface area contributed by atoms with Gasteiger partial charge in [0.05, 0.1) is 16.7 Å². The standard InChI is InChI=1S/C30H32N6O3S/c31-24(17-36-26-14-23(40-22-4-2-1-3-5-22)16-33-25(26)11-13-29(36)38)19-6-8-20(9-7-19)32-15-21-10-12-27-30(34-21)35-28(37)18-39-27/h1-5,10-14,16,19-20,24,32H,6-9,15,17-18,31H2,(H,34,35,37)/t19-,20-,24?. The molecule has 1 saturated carbocycles. The van der Waals surface area contributed by atoms with Crippen LogP contribution in [0, 0.1) is 5.92 Å². The average Bonchev–Trinajstić information content (AvgIpc) is 2.98. The molecule has 4 heterocycles. The summed E-state index contributed by atoms with van der Waals surface area (Å²) in [6.07, 6.45) is 5.85. The summed E-state index contributed by atoms with van der Waals surface area (Å²) in [5, 5.41) is 6.36. The molecule has 10 heteroatoms. The van der Waals surface area contributed by atoms with Crippen LogP contribution in [0.2, 0.25) is 0 Å². The van der Waals surface area contributed by atoms with Crippen molar-refractivity contribution in [2.75, 3.05) is 11.9 Å². The molecule has 1 amide bonds. The first-order valence-corrected chi connectivity index (χ1v) is 14.5. The van der Waals surface area contributed by atoms with Crippen LogP contribution in [0.4, 0.5) is 5.82 Å². The zero-order valence-electron chi connectivity index (χ0n) is 22.1. The Balaban J connectivity index is 1.07. The molecule has 0 radical (unpaired) electrons. The van der Waals surface area contributed by atoms with Crippen LogP contribution in [-0.2, 0) is 17.9 Å². The number of carbonyl (C=O) groups excluding carboxylic acids is 1. The van der Waals surface area contributed by atoms with Gasteiger partial charge in [0, 0.05) is 47.2 Å². The SMILES string of the molecule is NC(Cn1c(=O)ccc2ncc(Sc3ccccc3)cc21)[C@H]1CC[C@H](NCc2ccc3c(n2)NC(=O)CO3)CC1. The second kappa shape index (κ2) is 11.8. The van der Waals surface area contributed by atoms with Crippen LogP contribution in [0.25, 0.3) is 11.0 Å². The molecule has 1 fully saturated rings. The fraction of sp³-hybridized carbons (Fsp3) is 0.333. The van der Waals surface area contributed by atoms with Gasteiger partial charge in [-0.1, -0.05) is 30.0 Å². The second-order valence-corrected chi connectivity index (χ2v) is 11.6.